The Balaban J connectivity index is 1.70. The van der Waals surface area contributed by atoms with Crippen LogP contribution in [0.5, 0.6) is 0 Å². The van der Waals surface area contributed by atoms with Crippen molar-refractivity contribution >= 4 is 28.6 Å². The molecule has 1 aliphatic carbocycles. The zero-order valence-corrected chi connectivity index (χ0v) is 11.7. The van der Waals surface area contributed by atoms with Gasteiger partial charge in [0.25, 0.3) is 0 Å². The second-order valence-electron chi connectivity index (χ2n) is 4.52. The van der Waals surface area contributed by atoms with E-state index in [1.54, 1.807) is 0 Å². The largest absolute Gasteiger partial charge is 0.377 e. The first-order chi connectivity index (χ1) is 8.83. The average molecular weight is 279 g/mol. The summed E-state index contributed by atoms with van der Waals surface area (Å²) in [5, 5.41) is 5.29. The number of aromatic nitrogens is 1. The summed E-state index contributed by atoms with van der Waals surface area (Å²) in [5.41, 5.74) is 2.30. The molecular formula is C14H15ClN2S. The minimum absolute atomic E-state index is 0.763. The van der Waals surface area contributed by atoms with Crippen LogP contribution in [0.15, 0.2) is 24.3 Å². The van der Waals surface area contributed by atoms with E-state index in [1.165, 1.54) is 34.8 Å². The van der Waals surface area contributed by atoms with Crippen LogP contribution in [-0.4, -0.2) is 4.98 Å². The summed E-state index contributed by atoms with van der Waals surface area (Å²) in [7, 11) is 0. The van der Waals surface area contributed by atoms with Crippen molar-refractivity contribution in [3.63, 3.8) is 0 Å². The number of halogens is 1. The van der Waals surface area contributed by atoms with Crippen molar-refractivity contribution in [2.75, 3.05) is 5.32 Å². The molecule has 18 heavy (non-hydrogen) atoms. The monoisotopic (exact) mass is 278 g/mol. The van der Waals surface area contributed by atoms with Crippen molar-refractivity contribution in [1.82, 2.24) is 4.98 Å². The Morgan fingerprint density at radius 1 is 1.22 bits per heavy atom. The van der Waals surface area contributed by atoms with Crippen LogP contribution in [0.1, 0.15) is 28.4 Å². The predicted molar refractivity (Wildman–Crippen MR) is 77.5 cm³/mol. The van der Waals surface area contributed by atoms with Gasteiger partial charge in [-0.3, -0.25) is 0 Å². The fourth-order valence-corrected chi connectivity index (χ4v) is 3.56. The van der Waals surface area contributed by atoms with Gasteiger partial charge in [-0.25, -0.2) is 4.98 Å². The van der Waals surface area contributed by atoms with Gasteiger partial charge in [0.05, 0.1) is 22.9 Å². The van der Waals surface area contributed by atoms with E-state index in [0.717, 1.165) is 23.7 Å². The maximum atomic E-state index is 6.11. The zero-order valence-electron chi connectivity index (χ0n) is 10.1. The van der Waals surface area contributed by atoms with Crippen LogP contribution in [0, 0.1) is 0 Å². The van der Waals surface area contributed by atoms with E-state index in [4.69, 9.17) is 16.6 Å². The molecule has 3 rings (SSSR count). The summed E-state index contributed by atoms with van der Waals surface area (Å²) in [6.07, 6.45) is 4.96. The van der Waals surface area contributed by atoms with Crippen LogP contribution in [-0.2, 0) is 19.4 Å². The Morgan fingerprint density at radius 3 is 2.89 bits per heavy atom. The maximum absolute atomic E-state index is 6.11. The average Bonchev–Trinajstić information content (AvgIpc) is 2.80. The van der Waals surface area contributed by atoms with Crippen LogP contribution in [0.2, 0.25) is 5.02 Å². The highest BCUT2D eigenvalue weighted by Crippen LogP contribution is 2.28. The van der Waals surface area contributed by atoms with Crippen LogP contribution in [0.25, 0.3) is 0 Å². The summed E-state index contributed by atoms with van der Waals surface area (Å²) < 4.78 is 0. The van der Waals surface area contributed by atoms with Gasteiger partial charge in [-0.2, -0.15) is 0 Å². The lowest BCUT2D eigenvalue weighted by molar-refractivity contribution is 0.681. The molecule has 1 heterocycles. The second kappa shape index (κ2) is 5.29. The normalized spacial score (nSPS) is 14.3. The van der Waals surface area contributed by atoms with Crippen LogP contribution in [0.3, 0.4) is 0 Å². The first-order valence-electron chi connectivity index (χ1n) is 6.29. The summed E-state index contributed by atoms with van der Waals surface area (Å²) in [6.45, 7) is 0.765. The zero-order chi connectivity index (χ0) is 12.4. The van der Waals surface area contributed by atoms with E-state index in [-0.39, 0.29) is 0 Å². The molecule has 1 aromatic carbocycles. The number of anilines is 1. The Kier molecular flexibility index (Phi) is 3.52. The molecule has 1 N–H and O–H groups in total. The third kappa shape index (κ3) is 2.52. The van der Waals surface area contributed by atoms with E-state index >= 15 is 0 Å². The molecule has 0 amide bonds. The molecule has 0 radical (unpaired) electrons. The molecule has 0 fully saturated rings. The van der Waals surface area contributed by atoms with E-state index < -0.39 is 0 Å². The number of aryl methyl sites for hydroxylation is 2. The molecule has 0 spiro atoms. The van der Waals surface area contributed by atoms with Crippen LogP contribution >= 0.6 is 22.9 Å². The topological polar surface area (TPSA) is 24.9 Å². The van der Waals surface area contributed by atoms with Gasteiger partial charge >= 0.3 is 0 Å². The fourth-order valence-electron chi connectivity index (χ4n) is 2.26. The Morgan fingerprint density at radius 2 is 2.06 bits per heavy atom. The van der Waals surface area contributed by atoms with Crippen molar-refractivity contribution in [2.24, 2.45) is 0 Å². The second-order valence-corrected chi connectivity index (χ2v) is 6.09. The molecule has 0 aliphatic heterocycles. The third-order valence-electron chi connectivity index (χ3n) is 3.19. The summed E-state index contributed by atoms with van der Waals surface area (Å²) in [6, 6.07) is 7.82. The molecule has 4 heteroatoms. The van der Waals surface area contributed by atoms with Gasteiger partial charge < -0.3 is 5.32 Å². The molecule has 0 saturated carbocycles. The highest BCUT2D eigenvalue weighted by molar-refractivity contribution is 7.11. The predicted octanol–water partition coefficient (Wildman–Crippen LogP) is 4.29. The quantitative estimate of drug-likeness (QED) is 0.906. The van der Waals surface area contributed by atoms with Gasteiger partial charge in [0.2, 0.25) is 0 Å². The SMILES string of the molecule is Clc1ccccc1NCc1nc2c(s1)CCCC2. The highest BCUT2D eigenvalue weighted by atomic mass is 35.5. The van der Waals surface area contributed by atoms with Gasteiger partial charge in [0, 0.05) is 4.88 Å². The molecule has 0 unspecified atom stereocenters. The highest BCUT2D eigenvalue weighted by Gasteiger charge is 2.14. The van der Waals surface area contributed by atoms with Crippen LogP contribution < -0.4 is 5.32 Å². The van der Waals surface area contributed by atoms with Gasteiger partial charge in [-0.15, -0.1) is 11.3 Å². The Bertz CT molecular complexity index is 527. The molecule has 1 aliphatic rings. The first-order valence-corrected chi connectivity index (χ1v) is 7.48. The minimum atomic E-state index is 0.763. The van der Waals surface area contributed by atoms with Crippen molar-refractivity contribution in [1.29, 1.82) is 0 Å². The number of fused-ring (bicyclic) bond motifs is 1. The van der Waals surface area contributed by atoms with Gasteiger partial charge in [0.15, 0.2) is 0 Å². The molecule has 0 bridgehead atoms. The lowest BCUT2D eigenvalue weighted by Crippen LogP contribution is -2.01. The minimum Gasteiger partial charge on any atom is -0.377 e. The molecule has 0 atom stereocenters. The molecule has 1 aromatic heterocycles. The molecule has 0 saturated heterocycles. The summed E-state index contributed by atoms with van der Waals surface area (Å²) in [5.74, 6) is 0. The molecule has 2 nitrogen and oxygen atoms in total. The summed E-state index contributed by atoms with van der Waals surface area (Å²) >= 11 is 7.96. The van der Waals surface area contributed by atoms with Crippen LogP contribution in [0.4, 0.5) is 5.69 Å². The number of rotatable bonds is 3. The van der Waals surface area contributed by atoms with Crippen molar-refractivity contribution < 1.29 is 0 Å². The fraction of sp³-hybridized carbons (Fsp3) is 0.357. The number of benzene rings is 1. The molecular weight excluding hydrogens is 264 g/mol. The molecule has 2 aromatic rings. The van der Waals surface area contributed by atoms with E-state index in [1.807, 2.05) is 35.6 Å². The smallest absolute Gasteiger partial charge is 0.112 e. The number of para-hydroxylation sites is 1. The maximum Gasteiger partial charge on any atom is 0.112 e. The van der Waals surface area contributed by atoms with Gasteiger partial charge in [-0.1, -0.05) is 23.7 Å². The number of hydrogen-bond acceptors (Lipinski definition) is 3. The van der Waals surface area contributed by atoms with Crippen molar-refractivity contribution in [3.8, 4) is 0 Å². The summed E-state index contributed by atoms with van der Waals surface area (Å²) in [4.78, 5) is 6.19. The molecule has 94 valence electrons. The Hall–Kier alpha value is -1.06. The van der Waals surface area contributed by atoms with Crippen molar-refractivity contribution in [3.05, 3.63) is 44.9 Å². The van der Waals surface area contributed by atoms with E-state index in [2.05, 4.69) is 5.32 Å². The van der Waals surface area contributed by atoms with Gasteiger partial charge in [0.1, 0.15) is 5.01 Å². The van der Waals surface area contributed by atoms with Gasteiger partial charge in [-0.05, 0) is 37.8 Å². The number of nitrogens with one attached hydrogen (secondary N) is 1. The first kappa shape index (κ1) is 12.0. The Labute approximate surface area is 116 Å². The van der Waals surface area contributed by atoms with Crippen molar-refractivity contribution in [2.45, 2.75) is 32.2 Å². The number of hydrogen-bond donors (Lipinski definition) is 1. The third-order valence-corrected chi connectivity index (χ3v) is 4.68. The lowest BCUT2D eigenvalue weighted by Gasteiger charge is -2.06. The van der Waals surface area contributed by atoms with E-state index in [9.17, 15) is 0 Å². The standard InChI is InChI=1S/C14H15ClN2S/c15-10-5-1-2-6-11(10)16-9-14-17-12-7-3-4-8-13(12)18-14/h1-2,5-6,16H,3-4,7-9H2. The van der Waals surface area contributed by atoms with E-state index in [0.29, 0.717) is 0 Å². The lowest BCUT2D eigenvalue weighted by atomic mass is 10.0. The number of thiazole rings is 1. The number of nitrogens with zero attached hydrogens (tertiary/aromatic N) is 1.